The summed E-state index contributed by atoms with van der Waals surface area (Å²) in [7, 11) is 0. The van der Waals surface area contributed by atoms with Crippen LogP contribution in [-0.4, -0.2) is 12.6 Å². The summed E-state index contributed by atoms with van der Waals surface area (Å²) in [4.78, 5) is 0. The van der Waals surface area contributed by atoms with Gasteiger partial charge < -0.3 is 10.1 Å². The molecule has 0 amide bonds. The van der Waals surface area contributed by atoms with Crippen LogP contribution in [0.3, 0.4) is 0 Å². The summed E-state index contributed by atoms with van der Waals surface area (Å²) in [5, 5.41) is 3.69. The molecule has 2 nitrogen and oxygen atoms in total. The molecule has 1 saturated carbocycles. The third kappa shape index (κ3) is 4.34. The van der Waals surface area contributed by atoms with Gasteiger partial charge in [0.05, 0.1) is 6.61 Å². The van der Waals surface area contributed by atoms with Gasteiger partial charge in [-0.25, -0.2) is 0 Å². The number of hydrogen-bond donors (Lipinski definition) is 1. The first-order chi connectivity index (χ1) is 8.88. The van der Waals surface area contributed by atoms with Crippen LogP contribution >= 0.6 is 0 Å². The van der Waals surface area contributed by atoms with Gasteiger partial charge in [0, 0.05) is 12.6 Å². The third-order valence-corrected chi connectivity index (χ3v) is 3.66. The van der Waals surface area contributed by atoms with E-state index < -0.39 is 0 Å². The molecule has 0 spiro atoms. The lowest BCUT2D eigenvalue weighted by molar-refractivity contribution is 0.339. The summed E-state index contributed by atoms with van der Waals surface area (Å²) in [6.07, 6.45) is 8.28. The van der Waals surface area contributed by atoms with Crippen LogP contribution in [0.4, 0.5) is 0 Å². The standard InChI is InChI=1S/C16H25NO/c1-2-18-16-11-7-8-14(12-16)13-17-15-9-5-3-4-6-10-15/h7-8,11-12,15,17H,2-6,9-10,13H2,1H3. The number of nitrogens with one attached hydrogen (secondary N) is 1. The predicted octanol–water partition coefficient (Wildman–Crippen LogP) is 3.90. The van der Waals surface area contributed by atoms with E-state index in [0.29, 0.717) is 6.04 Å². The van der Waals surface area contributed by atoms with Crippen molar-refractivity contribution >= 4 is 0 Å². The van der Waals surface area contributed by atoms with Gasteiger partial charge in [0.1, 0.15) is 5.75 Å². The molecular weight excluding hydrogens is 222 g/mol. The van der Waals surface area contributed by atoms with Gasteiger partial charge in [-0.2, -0.15) is 0 Å². The van der Waals surface area contributed by atoms with Crippen LogP contribution in [0.2, 0.25) is 0 Å². The molecule has 0 saturated heterocycles. The number of hydrogen-bond acceptors (Lipinski definition) is 2. The SMILES string of the molecule is CCOc1cccc(CNC2CCCCCC2)c1. The highest BCUT2D eigenvalue weighted by Crippen LogP contribution is 2.18. The second kappa shape index (κ2) is 7.42. The summed E-state index contributed by atoms with van der Waals surface area (Å²) in [6, 6.07) is 9.14. The Morgan fingerprint density at radius 1 is 1.17 bits per heavy atom. The molecular formula is C16H25NO. The first-order valence-electron chi connectivity index (χ1n) is 7.33. The number of benzene rings is 1. The van der Waals surface area contributed by atoms with Gasteiger partial charge in [-0.1, -0.05) is 37.8 Å². The maximum atomic E-state index is 5.53. The third-order valence-electron chi connectivity index (χ3n) is 3.66. The zero-order valence-corrected chi connectivity index (χ0v) is 11.5. The predicted molar refractivity (Wildman–Crippen MR) is 75.9 cm³/mol. The maximum Gasteiger partial charge on any atom is 0.119 e. The normalized spacial score (nSPS) is 17.4. The summed E-state index contributed by atoms with van der Waals surface area (Å²) in [5.41, 5.74) is 1.32. The molecule has 0 unspecified atom stereocenters. The van der Waals surface area contributed by atoms with Crippen molar-refractivity contribution < 1.29 is 4.74 Å². The van der Waals surface area contributed by atoms with Gasteiger partial charge in [0.25, 0.3) is 0 Å². The van der Waals surface area contributed by atoms with E-state index in [1.807, 2.05) is 13.0 Å². The molecule has 1 fully saturated rings. The molecule has 0 heterocycles. The van der Waals surface area contributed by atoms with E-state index in [1.54, 1.807) is 0 Å². The summed E-state index contributed by atoms with van der Waals surface area (Å²) in [6.45, 7) is 3.72. The molecule has 2 heteroatoms. The van der Waals surface area contributed by atoms with Gasteiger partial charge in [-0.3, -0.25) is 0 Å². The minimum atomic E-state index is 0.711. The molecule has 1 N–H and O–H groups in total. The molecule has 0 aliphatic heterocycles. The zero-order chi connectivity index (χ0) is 12.6. The van der Waals surface area contributed by atoms with Gasteiger partial charge in [0.2, 0.25) is 0 Å². The maximum absolute atomic E-state index is 5.53. The Hall–Kier alpha value is -1.02. The first kappa shape index (κ1) is 13.4. The lowest BCUT2D eigenvalue weighted by atomic mass is 10.1. The molecule has 0 radical (unpaired) electrons. The highest BCUT2D eigenvalue weighted by molar-refractivity contribution is 5.28. The van der Waals surface area contributed by atoms with Crippen molar-refractivity contribution in [2.45, 2.75) is 58.0 Å². The van der Waals surface area contributed by atoms with Crippen molar-refractivity contribution in [1.29, 1.82) is 0 Å². The van der Waals surface area contributed by atoms with Crippen LogP contribution < -0.4 is 10.1 Å². The fraction of sp³-hybridized carbons (Fsp3) is 0.625. The Bertz CT molecular complexity index is 343. The molecule has 1 aromatic rings. The van der Waals surface area contributed by atoms with E-state index in [2.05, 4.69) is 23.5 Å². The molecule has 1 aliphatic rings. The average molecular weight is 247 g/mol. The summed E-state index contributed by atoms with van der Waals surface area (Å²) in [5.74, 6) is 0.984. The van der Waals surface area contributed by atoms with E-state index in [1.165, 1.54) is 44.1 Å². The van der Waals surface area contributed by atoms with Crippen molar-refractivity contribution in [3.05, 3.63) is 29.8 Å². The number of ether oxygens (including phenoxy) is 1. The molecule has 2 rings (SSSR count). The van der Waals surface area contributed by atoms with Crippen LogP contribution in [0.1, 0.15) is 51.0 Å². The van der Waals surface area contributed by atoms with Gasteiger partial charge >= 0.3 is 0 Å². The van der Waals surface area contributed by atoms with Gasteiger partial charge in [-0.15, -0.1) is 0 Å². The summed E-state index contributed by atoms with van der Waals surface area (Å²) < 4.78 is 5.53. The topological polar surface area (TPSA) is 21.3 Å². The lowest BCUT2D eigenvalue weighted by Gasteiger charge is -2.16. The largest absolute Gasteiger partial charge is 0.494 e. The Kier molecular flexibility index (Phi) is 5.53. The van der Waals surface area contributed by atoms with Crippen molar-refractivity contribution in [3.63, 3.8) is 0 Å². The molecule has 0 aromatic heterocycles. The zero-order valence-electron chi connectivity index (χ0n) is 11.5. The Labute approximate surface area is 111 Å². The Balaban J connectivity index is 1.83. The van der Waals surface area contributed by atoms with Crippen LogP contribution in [0.5, 0.6) is 5.75 Å². The van der Waals surface area contributed by atoms with E-state index in [0.717, 1.165) is 18.9 Å². The smallest absolute Gasteiger partial charge is 0.119 e. The van der Waals surface area contributed by atoms with Crippen molar-refractivity contribution in [2.75, 3.05) is 6.61 Å². The van der Waals surface area contributed by atoms with Crippen LogP contribution in [0.15, 0.2) is 24.3 Å². The number of rotatable bonds is 5. The fourth-order valence-electron chi connectivity index (χ4n) is 2.66. The van der Waals surface area contributed by atoms with E-state index in [9.17, 15) is 0 Å². The van der Waals surface area contributed by atoms with Gasteiger partial charge in [-0.05, 0) is 37.5 Å². The minimum absolute atomic E-state index is 0.711. The summed E-state index contributed by atoms with van der Waals surface area (Å²) >= 11 is 0. The van der Waals surface area contributed by atoms with Gasteiger partial charge in [0.15, 0.2) is 0 Å². The molecule has 0 bridgehead atoms. The quantitative estimate of drug-likeness (QED) is 0.797. The van der Waals surface area contributed by atoms with Crippen LogP contribution in [-0.2, 0) is 6.54 Å². The second-order valence-electron chi connectivity index (χ2n) is 5.15. The Morgan fingerprint density at radius 2 is 1.94 bits per heavy atom. The van der Waals surface area contributed by atoms with E-state index in [4.69, 9.17) is 4.74 Å². The molecule has 100 valence electrons. The fourth-order valence-corrected chi connectivity index (χ4v) is 2.66. The average Bonchev–Trinajstić information content (AvgIpc) is 2.66. The minimum Gasteiger partial charge on any atom is -0.494 e. The molecule has 1 aliphatic carbocycles. The van der Waals surface area contributed by atoms with Crippen LogP contribution in [0, 0.1) is 0 Å². The first-order valence-corrected chi connectivity index (χ1v) is 7.33. The monoisotopic (exact) mass is 247 g/mol. The molecule has 1 aromatic carbocycles. The molecule has 0 atom stereocenters. The van der Waals surface area contributed by atoms with Crippen LogP contribution in [0.25, 0.3) is 0 Å². The second-order valence-corrected chi connectivity index (χ2v) is 5.15. The lowest BCUT2D eigenvalue weighted by Crippen LogP contribution is -2.27. The van der Waals surface area contributed by atoms with Crippen molar-refractivity contribution in [3.8, 4) is 5.75 Å². The highest BCUT2D eigenvalue weighted by Gasteiger charge is 2.11. The molecule has 18 heavy (non-hydrogen) atoms. The van der Waals surface area contributed by atoms with Crippen molar-refractivity contribution in [1.82, 2.24) is 5.32 Å². The van der Waals surface area contributed by atoms with E-state index in [-0.39, 0.29) is 0 Å². The Morgan fingerprint density at radius 3 is 2.67 bits per heavy atom. The van der Waals surface area contributed by atoms with Crippen molar-refractivity contribution in [2.24, 2.45) is 0 Å². The highest BCUT2D eigenvalue weighted by atomic mass is 16.5. The van der Waals surface area contributed by atoms with E-state index >= 15 is 0 Å².